The van der Waals surface area contributed by atoms with Crippen molar-refractivity contribution in [3.05, 3.63) is 0 Å². The standard InChI is InChI=1S/C8H17N3/c1-6(2)8-5-9-10-11(8)7(3)4/h6-8H,5H2,1-4H3. The van der Waals surface area contributed by atoms with Gasteiger partial charge in [-0.1, -0.05) is 19.1 Å². The summed E-state index contributed by atoms with van der Waals surface area (Å²) in [6, 6.07) is 1.00. The fraction of sp³-hybridized carbons (Fsp3) is 1.00. The molecule has 0 aromatic rings. The molecule has 0 aromatic heterocycles. The van der Waals surface area contributed by atoms with Gasteiger partial charge < -0.3 is 0 Å². The number of rotatable bonds is 2. The van der Waals surface area contributed by atoms with E-state index in [2.05, 4.69) is 43.0 Å². The van der Waals surface area contributed by atoms with Crippen LogP contribution in [0.3, 0.4) is 0 Å². The van der Waals surface area contributed by atoms with Gasteiger partial charge in [0.25, 0.3) is 0 Å². The van der Waals surface area contributed by atoms with Gasteiger partial charge in [0.15, 0.2) is 0 Å². The van der Waals surface area contributed by atoms with E-state index >= 15 is 0 Å². The van der Waals surface area contributed by atoms with E-state index in [1.807, 2.05) is 0 Å². The zero-order valence-corrected chi connectivity index (χ0v) is 7.78. The van der Waals surface area contributed by atoms with Crippen molar-refractivity contribution < 1.29 is 0 Å². The van der Waals surface area contributed by atoms with Crippen molar-refractivity contribution in [3.63, 3.8) is 0 Å². The van der Waals surface area contributed by atoms with E-state index in [4.69, 9.17) is 0 Å². The van der Waals surface area contributed by atoms with Crippen LogP contribution in [0.1, 0.15) is 27.7 Å². The third-order valence-corrected chi connectivity index (χ3v) is 2.07. The Kier molecular flexibility index (Phi) is 2.47. The molecule has 0 bridgehead atoms. The minimum atomic E-state index is 0.480. The first kappa shape index (κ1) is 8.50. The summed E-state index contributed by atoms with van der Waals surface area (Å²) < 4.78 is 0. The molecule has 0 saturated heterocycles. The topological polar surface area (TPSA) is 28.0 Å². The predicted molar refractivity (Wildman–Crippen MR) is 45.3 cm³/mol. The summed E-state index contributed by atoms with van der Waals surface area (Å²) in [4.78, 5) is 0. The normalized spacial score (nSPS) is 24.2. The Balaban J connectivity index is 2.56. The van der Waals surface area contributed by atoms with Crippen LogP contribution in [0.2, 0.25) is 0 Å². The van der Waals surface area contributed by atoms with Crippen LogP contribution in [0.4, 0.5) is 0 Å². The van der Waals surface area contributed by atoms with Crippen LogP contribution in [0, 0.1) is 5.92 Å². The summed E-state index contributed by atoms with van der Waals surface area (Å²) in [5, 5.41) is 10.2. The van der Waals surface area contributed by atoms with Crippen LogP contribution < -0.4 is 0 Å². The zero-order chi connectivity index (χ0) is 8.43. The monoisotopic (exact) mass is 155 g/mol. The van der Waals surface area contributed by atoms with Crippen LogP contribution in [0.15, 0.2) is 10.3 Å². The van der Waals surface area contributed by atoms with Gasteiger partial charge in [-0.25, -0.2) is 0 Å². The highest BCUT2D eigenvalue weighted by atomic mass is 15.6. The highest BCUT2D eigenvalue weighted by Gasteiger charge is 2.26. The van der Waals surface area contributed by atoms with Crippen LogP contribution in [0.5, 0.6) is 0 Å². The van der Waals surface area contributed by atoms with Crippen molar-refractivity contribution in [1.29, 1.82) is 0 Å². The average molecular weight is 155 g/mol. The van der Waals surface area contributed by atoms with Crippen molar-refractivity contribution in [1.82, 2.24) is 5.01 Å². The van der Waals surface area contributed by atoms with E-state index in [-0.39, 0.29) is 0 Å². The smallest absolute Gasteiger partial charge is 0.0843 e. The van der Waals surface area contributed by atoms with Crippen molar-refractivity contribution in [3.8, 4) is 0 Å². The van der Waals surface area contributed by atoms with Crippen LogP contribution in [-0.4, -0.2) is 23.6 Å². The number of hydrogen-bond donors (Lipinski definition) is 0. The molecule has 1 atom stereocenters. The molecule has 1 aliphatic heterocycles. The SMILES string of the molecule is CC(C)C1CN=NN1C(C)C. The molecule has 3 heteroatoms. The fourth-order valence-corrected chi connectivity index (χ4v) is 1.35. The molecule has 0 saturated carbocycles. The number of nitrogens with zero attached hydrogens (tertiary/aromatic N) is 3. The van der Waals surface area contributed by atoms with E-state index in [9.17, 15) is 0 Å². The molecule has 0 amide bonds. The average Bonchev–Trinajstić information content (AvgIpc) is 2.32. The minimum absolute atomic E-state index is 0.480. The van der Waals surface area contributed by atoms with Gasteiger partial charge >= 0.3 is 0 Å². The van der Waals surface area contributed by atoms with Gasteiger partial charge in [0.05, 0.1) is 12.6 Å². The van der Waals surface area contributed by atoms with Gasteiger partial charge in [0, 0.05) is 6.04 Å². The predicted octanol–water partition coefficient (Wildman–Crippen LogP) is 2.10. The van der Waals surface area contributed by atoms with E-state index < -0.39 is 0 Å². The molecular weight excluding hydrogens is 138 g/mol. The second kappa shape index (κ2) is 3.20. The maximum Gasteiger partial charge on any atom is 0.0843 e. The Hall–Kier alpha value is -0.600. The second-order valence-electron chi connectivity index (χ2n) is 3.70. The molecule has 0 fully saturated rings. The first-order valence-electron chi connectivity index (χ1n) is 4.28. The molecule has 11 heavy (non-hydrogen) atoms. The van der Waals surface area contributed by atoms with E-state index in [1.54, 1.807) is 0 Å². The maximum absolute atomic E-state index is 4.10. The third kappa shape index (κ3) is 1.70. The minimum Gasteiger partial charge on any atom is -0.271 e. The van der Waals surface area contributed by atoms with Gasteiger partial charge in [0.1, 0.15) is 0 Å². The van der Waals surface area contributed by atoms with Gasteiger partial charge in [-0.3, -0.25) is 5.01 Å². The molecule has 1 heterocycles. The Morgan fingerprint density at radius 3 is 2.27 bits per heavy atom. The lowest BCUT2D eigenvalue weighted by Gasteiger charge is -2.27. The van der Waals surface area contributed by atoms with Gasteiger partial charge in [-0.15, -0.1) is 0 Å². The molecule has 0 spiro atoms. The van der Waals surface area contributed by atoms with Crippen molar-refractivity contribution in [2.45, 2.75) is 39.8 Å². The first-order chi connectivity index (χ1) is 5.13. The summed E-state index contributed by atoms with van der Waals surface area (Å²) >= 11 is 0. The molecule has 1 unspecified atom stereocenters. The Labute approximate surface area is 68.5 Å². The molecule has 0 radical (unpaired) electrons. The lowest BCUT2D eigenvalue weighted by Crippen LogP contribution is -2.37. The molecule has 1 rings (SSSR count). The Bertz CT molecular complexity index is 151. The van der Waals surface area contributed by atoms with Gasteiger partial charge in [0.2, 0.25) is 0 Å². The van der Waals surface area contributed by atoms with E-state index in [0.29, 0.717) is 18.0 Å². The molecule has 64 valence electrons. The second-order valence-corrected chi connectivity index (χ2v) is 3.70. The maximum atomic E-state index is 4.10. The summed E-state index contributed by atoms with van der Waals surface area (Å²) in [6.07, 6.45) is 0. The fourth-order valence-electron chi connectivity index (χ4n) is 1.35. The lowest BCUT2D eigenvalue weighted by molar-refractivity contribution is 0.153. The van der Waals surface area contributed by atoms with Crippen molar-refractivity contribution in [2.24, 2.45) is 16.3 Å². The van der Waals surface area contributed by atoms with Gasteiger partial charge in [-0.2, -0.15) is 5.11 Å². The highest BCUT2D eigenvalue weighted by molar-refractivity contribution is 4.79. The Morgan fingerprint density at radius 1 is 1.27 bits per heavy atom. The summed E-state index contributed by atoms with van der Waals surface area (Å²) in [6.45, 7) is 9.61. The van der Waals surface area contributed by atoms with Crippen LogP contribution in [0.25, 0.3) is 0 Å². The largest absolute Gasteiger partial charge is 0.271 e. The summed E-state index contributed by atoms with van der Waals surface area (Å²) in [5.74, 6) is 0.646. The molecule has 3 nitrogen and oxygen atoms in total. The molecule has 0 N–H and O–H groups in total. The van der Waals surface area contributed by atoms with Crippen LogP contribution >= 0.6 is 0 Å². The van der Waals surface area contributed by atoms with Gasteiger partial charge in [-0.05, 0) is 19.8 Å². The van der Waals surface area contributed by atoms with Crippen molar-refractivity contribution in [2.75, 3.05) is 6.54 Å². The molecular formula is C8H17N3. The van der Waals surface area contributed by atoms with Crippen molar-refractivity contribution >= 4 is 0 Å². The lowest BCUT2D eigenvalue weighted by atomic mass is 10.0. The summed E-state index contributed by atoms with van der Waals surface area (Å²) in [5.41, 5.74) is 0. The highest BCUT2D eigenvalue weighted by Crippen LogP contribution is 2.20. The molecule has 0 aromatic carbocycles. The zero-order valence-electron chi connectivity index (χ0n) is 7.78. The molecule has 1 aliphatic rings. The molecule has 0 aliphatic carbocycles. The quantitative estimate of drug-likeness (QED) is 0.600. The third-order valence-electron chi connectivity index (χ3n) is 2.07. The van der Waals surface area contributed by atoms with Crippen LogP contribution in [-0.2, 0) is 0 Å². The summed E-state index contributed by atoms with van der Waals surface area (Å²) in [7, 11) is 0. The van der Waals surface area contributed by atoms with E-state index in [1.165, 1.54) is 0 Å². The first-order valence-corrected chi connectivity index (χ1v) is 4.28. The van der Waals surface area contributed by atoms with E-state index in [0.717, 1.165) is 6.54 Å². The Morgan fingerprint density at radius 2 is 1.91 bits per heavy atom. The number of hydrogen-bond acceptors (Lipinski definition) is 3.